The van der Waals surface area contributed by atoms with E-state index in [1.54, 1.807) is 20.8 Å². The summed E-state index contributed by atoms with van der Waals surface area (Å²) in [6.45, 7) is 4.97. The van der Waals surface area contributed by atoms with E-state index >= 15 is 0 Å². The van der Waals surface area contributed by atoms with Crippen LogP contribution in [-0.4, -0.2) is 24.8 Å². The maximum absolute atomic E-state index is 12.7. The number of benzene rings is 1. The molecule has 1 aromatic heterocycles. The topological polar surface area (TPSA) is 63.4 Å². The van der Waals surface area contributed by atoms with E-state index in [4.69, 9.17) is 16.0 Å². The third-order valence-corrected chi connectivity index (χ3v) is 6.28. The van der Waals surface area contributed by atoms with Crippen LogP contribution in [-0.2, 0) is 16.2 Å². The molecule has 0 fully saturated rings. The predicted molar refractivity (Wildman–Crippen MR) is 85.8 cm³/mol. The molecule has 10 heteroatoms. The lowest BCUT2D eigenvalue weighted by Gasteiger charge is -2.22. The summed E-state index contributed by atoms with van der Waals surface area (Å²) >= 11 is 5.80. The molecule has 0 saturated heterocycles. The van der Waals surface area contributed by atoms with Gasteiger partial charge in [0.25, 0.3) is 0 Å². The van der Waals surface area contributed by atoms with E-state index in [0.29, 0.717) is 23.6 Å². The smallest absolute Gasteiger partial charge is 0.416 e. The van der Waals surface area contributed by atoms with Crippen molar-refractivity contribution in [2.45, 2.75) is 37.9 Å². The van der Waals surface area contributed by atoms with Crippen molar-refractivity contribution in [3.05, 3.63) is 46.1 Å². The van der Waals surface area contributed by atoms with Crippen molar-refractivity contribution in [1.29, 1.82) is 0 Å². The SMILES string of the molecule is Cc1nc([C@H](C)N(C)S(=O)(=O)c2ccc(C(F)(F)F)cc2Cl)oc1C. The summed E-state index contributed by atoms with van der Waals surface area (Å²) in [5.41, 5.74) is -0.397. The molecule has 0 radical (unpaired) electrons. The van der Waals surface area contributed by atoms with E-state index in [9.17, 15) is 21.6 Å². The number of halogens is 4. The third-order valence-electron chi connectivity index (χ3n) is 3.86. The molecule has 2 aromatic rings. The summed E-state index contributed by atoms with van der Waals surface area (Å²) in [7, 11) is -2.87. The van der Waals surface area contributed by atoms with Crippen molar-refractivity contribution < 1.29 is 26.0 Å². The van der Waals surface area contributed by atoms with Gasteiger partial charge >= 0.3 is 6.18 Å². The molecule has 1 atom stereocenters. The molecule has 0 N–H and O–H groups in total. The van der Waals surface area contributed by atoms with E-state index in [1.165, 1.54) is 7.05 Å². The number of rotatable bonds is 4. The highest BCUT2D eigenvalue weighted by Gasteiger charge is 2.34. The van der Waals surface area contributed by atoms with Crippen molar-refractivity contribution in [3.63, 3.8) is 0 Å². The zero-order valence-electron chi connectivity index (χ0n) is 13.8. The molecule has 0 aliphatic heterocycles. The van der Waals surface area contributed by atoms with Gasteiger partial charge in [0.1, 0.15) is 10.7 Å². The third kappa shape index (κ3) is 3.83. The maximum Gasteiger partial charge on any atom is 0.416 e. The summed E-state index contributed by atoms with van der Waals surface area (Å²) in [6, 6.07) is 1.34. The minimum Gasteiger partial charge on any atom is -0.444 e. The van der Waals surface area contributed by atoms with Crippen LogP contribution in [0.5, 0.6) is 0 Å². The summed E-state index contributed by atoms with van der Waals surface area (Å²) in [5.74, 6) is 0.740. The Hall–Kier alpha value is -1.58. The fraction of sp³-hybridized carbons (Fsp3) is 0.400. The van der Waals surface area contributed by atoms with Gasteiger partial charge in [0.05, 0.1) is 22.3 Å². The van der Waals surface area contributed by atoms with Crippen LogP contribution in [0, 0.1) is 13.8 Å². The minimum absolute atomic E-state index is 0.184. The van der Waals surface area contributed by atoms with Crippen LogP contribution in [0.1, 0.15) is 35.9 Å². The Bertz CT molecular complexity index is 874. The molecule has 0 aliphatic carbocycles. The number of nitrogens with zero attached hydrogens (tertiary/aromatic N) is 2. The molecule has 2 rings (SSSR count). The Kier molecular flexibility index (Phi) is 5.23. The van der Waals surface area contributed by atoms with Crippen molar-refractivity contribution in [2.24, 2.45) is 0 Å². The quantitative estimate of drug-likeness (QED) is 0.771. The Morgan fingerprint density at radius 1 is 1.28 bits per heavy atom. The first-order valence-electron chi connectivity index (χ1n) is 7.14. The lowest BCUT2D eigenvalue weighted by atomic mass is 10.2. The lowest BCUT2D eigenvalue weighted by Crippen LogP contribution is -2.30. The van der Waals surface area contributed by atoms with Crippen molar-refractivity contribution >= 4 is 21.6 Å². The highest BCUT2D eigenvalue weighted by molar-refractivity contribution is 7.89. The van der Waals surface area contributed by atoms with Crippen molar-refractivity contribution in [3.8, 4) is 0 Å². The number of aromatic nitrogens is 1. The van der Waals surface area contributed by atoms with Gasteiger partial charge in [-0.15, -0.1) is 0 Å². The normalized spacial score (nSPS) is 14.1. The van der Waals surface area contributed by atoms with Gasteiger partial charge in [-0.3, -0.25) is 0 Å². The molecular formula is C15H16ClF3N2O3S. The number of oxazole rings is 1. The van der Waals surface area contributed by atoms with Crippen LogP contribution in [0.3, 0.4) is 0 Å². The Morgan fingerprint density at radius 2 is 1.88 bits per heavy atom. The molecule has 0 bridgehead atoms. The molecule has 5 nitrogen and oxygen atoms in total. The minimum atomic E-state index is -4.61. The molecule has 138 valence electrons. The van der Waals surface area contributed by atoms with E-state index in [-0.39, 0.29) is 5.89 Å². The molecule has 0 amide bonds. The number of aryl methyl sites for hydroxylation is 2. The Balaban J connectivity index is 2.40. The summed E-state index contributed by atoms with van der Waals surface area (Å²) in [5, 5.41) is -0.506. The Morgan fingerprint density at radius 3 is 2.32 bits per heavy atom. The fourth-order valence-corrected chi connectivity index (χ4v) is 3.92. The van der Waals surface area contributed by atoms with Gasteiger partial charge in [-0.2, -0.15) is 17.5 Å². The van der Waals surface area contributed by atoms with Gasteiger partial charge in [0.2, 0.25) is 15.9 Å². The highest BCUT2D eigenvalue weighted by Crippen LogP contribution is 2.35. The van der Waals surface area contributed by atoms with Crippen LogP contribution >= 0.6 is 11.6 Å². The summed E-state index contributed by atoms with van der Waals surface area (Å²) in [6.07, 6.45) is -4.61. The van der Waals surface area contributed by atoms with Crippen molar-refractivity contribution in [1.82, 2.24) is 9.29 Å². The zero-order chi connectivity index (χ0) is 19.2. The maximum atomic E-state index is 12.7. The second-order valence-electron chi connectivity index (χ2n) is 5.53. The van der Waals surface area contributed by atoms with Gasteiger partial charge in [0.15, 0.2) is 0 Å². The van der Waals surface area contributed by atoms with E-state index in [0.717, 1.165) is 10.4 Å². The molecule has 1 heterocycles. The van der Waals surface area contributed by atoms with E-state index in [2.05, 4.69) is 4.98 Å². The molecule has 0 unspecified atom stereocenters. The van der Waals surface area contributed by atoms with Crippen LogP contribution in [0.4, 0.5) is 13.2 Å². The molecule has 0 saturated carbocycles. The standard InChI is InChI=1S/C15H16ClF3N2O3S/c1-8-10(3)24-14(20-8)9(2)21(4)25(22,23)13-6-5-11(7-12(13)16)15(17,18)19/h5-7,9H,1-4H3/t9-/m0/s1. The number of hydrogen-bond donors (Lipinski definition) is 0. The highest BCUT2D eigenvalue weighted by atomic mass is 35.5. The number of sulfonamides is 1. The van der Waals surface area contributed by atoms with Crippen LogP contribution < -0.4 is 0 Å². The Labute approximate surface area is 148 Å². The van der Waals surface area contributed by atoms with Crippen LogP contribution in [0.2, 0.25) is 5.02 Å². The number of hydrogen-bond acceptors (Lipinski definition) is 4. The first kappa shape index (κ1) is 19.7. The first-order chi connectivity index (χ1) is 11.4. The fourth-order valence-electron chi connectivity index (χ4n) is 2.08. The average Bonchev–Trinajstić information content (AvgIpc) is 2.84. The molecular weight excluding hydrogens is 381 g/mol. The molecule has 25 heavy (non-hydrogen) atoms. The molecule has 0 aliphatic rings. The van der Waals surface area contributed by atoms with Crippen molar-refractivity contribution in [2.75, 3.05) is 7.05 Å². The van der Waals surface area contributed by atoms with Gasteiger partial charge in [0, 0.05) is 7.05 Å². The molecule has 0 spiro atoms. The lowest BCUT2D eigenvalue weighted by molar-refractivity contribution is -0.137. The first-order valence-corrected chi connectivity index (χ1v) is 8.96. The van der Waals surface area contributed by atoms with E-state index < -0.39 is 37.7 Å². The number of alkyl halides is 3. The second kappa shape index (κ2) is 6.62. The monoisotopic (exact) mass is 396 g/mol. The largest absolute Gasteiger partial charge is 0.444 e. The van der Waals surface area contributed by atoms with Gasteiger partial charge in [-0.05, 0) is 39.0 Å². The second-order valence-corrected chi connectivity index (χ2v) is 7.91. The molecule has 1 aromatic carbocycles. The van der Waals surface area contributed by atoms with Crippen LogP contribution in [0.15, 0.2) is 27.5 Å². The summed E-state index contributed by atoms with van der Waals surface area (Å²) < 4.78 is 69.9. The van der Waals surface area contributed by atoms with Gasteiger partial charge in [-0.1, -0.05) is 11.6 Å². The van der Waals surface area contributed by atoms with Crippen LogP contribution in [0.25, 0.3) is 0 Å². The van der Waals surface area contributed by atoms with E-state index in [1.807, 2.05) is 0 Å². The van der Waals surface area contributed by atoms with Gasteiger partial charge < -0.3 is 4.42 Å². The average molecular weight is 397 g/mol. The van der Waals surface area contributed by atoms with Gasteiger partial charge in [-0.25, -0.2) is 13.4 Å². The summed E-state index contributed by atoms with van der Waals surface area (Å²) in [4.78, 5) is 3.73. The zero-order valence-corrected chi connectivity index (χ0v) is 15.4. The predicted octanol–water partition coefficient (Wildman–Crippen LogP) is 4.35.